The number of hydrogen-bond donors (Lipinski definition) is 2. The van der Waals surface area contributed by atoms with Gasteiger partial charge in [0, 0.05) is 29.3 Å². The molecule has 1 atom stereocenters. The molecule has 3 aromatic rings. The van der Waals surface area contributed by atoms with Gasteiger partial charge in [-0.2, -0.15) is 5.10 Å². The number of rotatable bonds is 7. The van der Waals surface area contributed by atoms with E-state index in [0.29, 0.717) is 6.04 Å². The van der Waals surface area contributed by atoms with Crippen LogP contribution < -0.4 is 10.6 Å². The molecule has 26 heavy (non-hydrogen) atoms. The van der Waals surface area contributed by atoms with Crippen LogP contribution in [0.2, 0.25) is 0 Å². The lowest BCUT2D eigenvalue weighted by Crippen LogP contribution is -2.16. The first-order chi connectivity index (χ1) is 12.7. The molecule has 4 rings (SSSR count). The summed E-state index contributed by atoms with van der Waals surface area (Å²) in [5.74, 6) is -0.00843. The molecule has 1 amide bonds. The van der Waals surface area contributed by atoms with Crippen LogP contribution in [0, 0.1) is 0 Å². The van der Waals surface area contributed by atoms with Crippen molar-refractivity contribution >= 4 is 22.4 Å². The maximum absolute atomic E-state index is 12.1. The average molecular weight is 348 g/mol. The van der Waals surface area contributed by atoms with Gasteiger partial charge in [0.2, 0.25) is 0 Å². The zero-order valence-electron chi connectivity index (χ0n) is 15.2. The van der Waals surface area contributed by atoms with E-state index in [9.17, 15) is 4.79 Å². The Labute approximate surface area is 153 Å². The number of amides is 1. The van der Waals surface area contributed by atoms with Crippen LogP contribution in [0.3, 0.4) is 0 Å². The van der Waals surface area contributed by atoms with Gasteiger partial charge in [0.15, 0.2) is 0 Å². The molecule has 0 spiro atoms. The Hall–Kier alpha value is -2.66. The van der Waals surface area contributed by atoms with Gasteiger partial charge >= 0.3 is 0 Å². The topological polar surface area (TPSA) is 59.0 Å². The molecule has 1 aliphatic heterocycles. The predicted molar refractivity (Wildman–Crippen MR) is 105 cm³/mol. The summed E-state index contributed by atoms with van der Waals surface area (Å²) in [5, 5.41) is 13.0. The third-order valence-electron chi connectivity index (χ3n) is 5.25. The highest BCUT2D eigenvalue weighted by Crippen LogP contribution is 2.35. The van der Waals surface area contributed by atoms with E-state index in [4.69, 9.17) is 0 Å². The van der Waals surface area contributed by atoms with Crippen molar-refractivity contribution in [3.8, 4) is 0 Å². The number of hydrogen-bond acceptors (Lipinski definition) is 3. The quantitative estimate of drug-likeness (QED) is 0.683. The van der Waals surface area contributed by atoms with Gasteiger partial charge < -0.3 is 10.6 Å². The molecule has 2 aromatic carbocycles. The Morgan fingerprint density at radius 2 is 2.15 bits per heavy atom. The lowest BCUT2D eigenvalue weighted by atomic mass is 9.97. The van der Waals surface area contributed by atoms with Crippen molar-refractivity contribution in [2.75, 3.05) is 18.9 Å². The van der Waals surface area contributed by atoms with E-state index in [-0.39, 0.29) is 5.91 Å². The number of nitrogens with zero attached hydrogens (tertiary/aromatic N) is 2. The lowest BCUT2D eigenvalue weighted by molar-refractivity contribution is 0.103. The van der Waals surface area contributed by atoms with Gasteiger partial charge in [-0.25, -0.2) is 0 Å². The van der Waals surface area contributed by atoms with E-state index in [1.807, 2.05) is 31.4 Å². The van der Waals surface area contributed by atoms with E-state index in [1.54, 1.807) is 0 Å². The first kappa shape index (κ1) is 16.8. The monoisotopic (exact) mass is 348 g/mol. The van der Waals surface area contributed by atoms with E-state index in [2.05, 4.69) is 45.7 Å². The fourth-order valence-electron chi connectivity index (χ4n) is 3.83. The van der Waals surface area contributed by atoms with E-state index < -0.39 is 0 Å². The summed E-state index contributed by atoms with van der Waals surface area (Å²) in [5.41, 5.74) is 4.11. The first-order valence-corrected chi connectivity index (χ1v) is 9.25. The smallest absolute Gasteiger partial charge is 0.256 e. The summed E-state index contributed by atoms with van der Waals surface area (Å²) >= 11 is 0. The van der Waals surface area contributed by atoms with Crippen molar-refractivity contribution < 1.29 is 4.79 Å². The summed E-state index contributed by atoms with van der Waals surface area (Å²) in [6.07, 6.45) is 7.09. The third-order valence-corrected chi connectivity index (χ3v) is 5.25. The highest BCUT2D eigenvalue weighted by molar-refractivity contribution is 6.24. The zero-order valence-corrected chi connectivity index (χ0v) is 15.2. The standard InChI is InChI=1S/C21H24N4O/c1-3-16(9-10-22-2)25-13-14(12-23-25)11-15-7-8-19-20-17(15)5-4-6-18(20)21(26)24-19/h4-8,12-13,16,22H,3,9-11H2,1-2H3,(H,24,26). The normalized spacial score (nSPS) is 14.0. The number of benzene rings is 2. The zero-order chi connectivity index (χ0) is 18.1. The van der Waals surface area contributed by atoms with Crippen molar-refractivity contribution in [2.45, 2.75) is 32.2 Å². The summed E-state index contributed by atoms with van der Waals surface area (Å²) in [7, 11) is 1.98. The Balaban J connectivity index is 1.63. The minimum Gasteiger partial charge on any atom is -0.321 e. The van der Waals surface area contributed by atoms with Crippen LogP contribution in [0.1, 0.15) is 47.3 Å². The molecule has 134 valence electrons. The van der Waals surface area contributed by atoms with Gasteiger partial charge in [-0.3, -0.25) is 9.48 Å². The largest absolute Gasteiger partial charge is 0.321 e. The SMILES string of the molecule is CCC(CCNC)n1cc(Cc2ccc3c4c(cccc24)C(=O)N3)cn1. The number of anilines is 1. The van der Waals surface area contributed by atoms with Crippen molar-refractivity contribution in [3.05, 3.63) is 59.4 Å². The molecule has 0 radical (unpaired) electrons. The summed E-state index contributed by atoms with van der Waals surface area (Å²) in [6, 6.07) is 10.5. The van der Waals surface area contributed by atoms with Crippen LogP contribution in [-0.4, -0.2) is 29.3 Å². The van der Waals surface area contributed by atoms with E-state index in [1.165, 1.54) is 11.1 Å². The molecule has 1 aliphatic rings. The van der Waals surface area contributed by atoms with Crippen molar-refractivity contribution in [2.24, 2.45) is 0 Å². The fourth-order valence-corrected chi connectivity index (χ4v) is 3.83. The van der Waals surface area contributed by atoms with Gasteiger partial charge in [0.25, 0.3) is 5.91 Å². The van der Waals surface area contributed by atoms with Gasteiger partial charge in [-0.05, 0) is 55.1 Å². The predicted octanol–water partition coefficient (Wildman–Crippen LogP) is 3.75. The lowest BCUT2D eigenvalue weighted by Gasteiger charge is -2.15. The van der Waals surface area contributed by atoms with Gasteiger partial charge in [-0.1, -0.05) is 25.1 Å². The van der Waals surface area contributed by atoms with Crippen LogP contribution in [0.5, 0.6) is 0 Å². The fraction of sp³-hybridized carbons (Fsp3) is 0.333. The Morgan fingerprint density at radius 3 is 2.96 bits per heavy atom. The van der Waals surface area contributed by atoms with Crippen LogP contribution in [0.4, 0.5) is 5.69 Å². The number of nitrogens with one attached hydrogen (secondary N) is 2. The maximum Gasteiger partial charge on any atom is 0.256 e. The minimum absolute atomic E-state index is 0.00843. The molecule has 1 unspecified atom stereocenters. The van der Waals surface area contributed by atoms with Crippen LogP contribution in [0.15, 0.2) is 42.7 Å². The molecule has 0 aliphatic carbocycles. The Kier molecular flexibility index (Phi) is 4.47. The van der Waals surface area contributed by atoms with E-state index >= 15 is 0 Å². The average Bonchev–Trinajstić information content (AvgIpc) is 3.24. The Bertz CT molecular complexity index is 960. The molecule has 2 heterocycles. The highest BCUT2D eigenvalue weighted by Gasteiger charge is 2.22. The number of carbonyl (C=O) groups is 1. The second kappa shape index (κ2) is 6.92. The Morgan fingerprint density at radius 1 is 1.27 bits per heavy atom. The highest BCUT2D eigenvalue weighted by atomic mass is 16.1. The van der Waals surface area contributed by atoms with Crippen molar-refractivity contribution in [3.63, 3.8) is 0 Å². The molecule has 0 bridgehead atoms. The molecule has 5 nitrogen and oxygen atoms in total. The van der Waals surface area contributed by atoms with Crippen LogP contribution >= 0.6 is 0 Å². The third kappa shape index (κ3) is 2.88. The molecule has 2 N–H and O–H groups in total. The maximum atomic E-state index is 12.1. The van der Waals surface area contributed by atoms with Gasteiger partial charge in [-0.15, -0.1) is 0 Å². The van der Waals surface area contributed by atoms with Crippen LogP contribution in [-0.2, 0) is 6.42 Å². The summed E-state index contributed by atoms with van der Waals surface area (Å²) in [4.78, 5) is 12.1. The molecule has 1 aromatic heterocycles. The van der Waals surface area contributed by atoms with Crippen molar-refractivity contribution in [1.82, 2.24) is 15.1 Å². The summed E-state index contributed by atoms with van der Waals surface area (Å²) in [6.45, 7) is 3.19. The van der Waals surface area contributed by atoms with Gasteiger partial charge in [0.1, 0.15) is 0 Å². The first-order valence-electron chi connectivity index (χ1n) is 9.25. The second-order valence-corrected chi connectivity index (χ2v) is 6.91. The molecular weight excluding hydrogens is 324 g/mol. The minimum atomic E-state index is -0.00843. The van der Waals surface area contributed by atoms with E-state index in [0.717, 1.165) is 47.8 Å². The summed E-state index contributed by atoms with van der Waals surface area (Å²) < 4.78 is 2.10. The number of carbonyl (C=O) groups excluding carboxylic acids is 1. The molecule has 5 heteroatoms. The van der Waals surface area contributed by atoms with Crippen LogP contribution in [0.25, 0.3) is 10.8 Å². The molecule has 0 saturated carbocycles. The van der Waals surface area contributed by atoms with Crippen molar-refractivity contribution in [1.29, 1.82) is 0 Å². The molecular formula is C21H24N4O. The second-order valence-electron chi connectivity index (χ2n) is 6.91. The number of aromatic nitrogens is 2. The van der Waals surface area contributed by atoms with Gasteiger partial charge in [0.05, 0.1) is 12.2 Å². The molecule has 0 fully saturated rings. The molecule has 0 saturated heterocycles.